The number of benzene rings is 1. The van der Waals surface area contributed by atoms with E-state index in [-0.39, 0.29) is 12.4 Å². The van der Waals surface area contributed by atoms with E-state index in [4.69, 9.17) is 33.5 Å². The molecule has 102 valence electrons. The molecule has 1 aliphatic rings. The van der Waals surface area contributed by atoms with Gasteiger partial charge in [-0.3, -0.25) is 0 Å². The predicted molar refractivity (Wildman–Crippen MR) is 76.7 cm³/mol. The summed E-state index contributed by atoms with van der Waals surface area (Å²) in [7, 11) is 0. The number of nitrogens with zero attached hydrogens (tertiary/aromatic N) is 2. The molecule has 1 aromatic carbocycles. The van der Waals surface area contributed by atoms with Crippen molar-refractivity contribution in [1.29, 1.82) is 0 Å². The van der Waals surface area contributed by atoms with Crippen molar-refractivity contribution < 1.29 is 4.52 Å². The highest BCUT2D eigenvalue weighted by Crippen LogP contribution is 2.39. The number of hydrogen-bond acceptors (Lipinski definition) is 4. The Labute approximate surface area is 126 Å². The molecule has 19 heavy (non-hydrogen) atoms. The van der Waals surface area contributed by atoms with Crippen LogP contribution in [0.2, 0.25) is 10.0 Å². The van der Waals surface area contributed by atoms with Crippen LogP contribution >= 0.6 is 35.6 Å². The first kappa shape index (κ1) is 14.6. The summed E-state index contributed by atoms with van der Waals surface area (Å²) < 4.78 is 5.22. The van der Waals surface area contributed by atoms with Crippen molar-refractivity contribution in [3.05, 3.63) is 34.1 Å². The maximum absolute atomic E-state index is 6.14. The number of rotatable bonds is 2. The van der Waals surface area contributed by atoms with Gasteiger partial charge in [0, 0.05) is 0 Å². The van der Waals surface area contributed by atoms with Gasteiger partial charge in [-0.05, 0) is 31.4 Å². The van der Waals surface area contributed by atoms with Gasteiger partial charge in [0.2, 0.25) is 0 Å². The van der Waals surface area contributed by atoms with Crippen LogP contribution in [0.3, 0.4) is 0 Å². The summed E-state index contributed by atoms with van der Waals surface area (Å²) in [5, 5.41) is 4.81. The van der Waals surface area contributed by atoms with Gasteiger partial charge in [0.15, 0.2) is 5.82 Å². The Bertz CT molecular complexity index is 596. The molecule has 1 heterocycles. The molecule has 0 atom stereocenters. The molecule has 0 aliphatic heterocycles. The quantitative estimate of drug-likeness (QED) is 0.914. The average Bonchev–Trinajstić information content (AvgIpc) is 2.79. The lowest BCUT2D eigenvalue weighted by molar-refractivity contribution is 0.229. The van der Waals surface area contributed by atoms with Gasteiger partial charge in [-0.1, -0.05) is 34.4 Å². The number of hydrogen-bond donors (Lipinski definition) is 1. The average molecular weight is 321 g/mol. The van der Waals surface area contributed by atoms with Crippen LogP contribution in [-0.2, 0) is 5.54 Å². The molecule has 7 heteroatoms. The van der Waals surface area contributed by atoms with Crippen LogP contribution in [0.5, 0.6) is 0 Å². The van der Waals surface area contributed by atoms with Crippen LogP contribution < -0.4 is 5.73 Å². The van der Waals surface area contributed by atoms with Gasteiger partial charge < -0.3 is 10.3 Å². The highest BCUT2D eigenvalue weighted by Gasteiger charge is 2.39. The van der Waals surface area contributed by atoms with Gasteiger partial charge in [0.05, 0.1) is 21.1 Å². The minimum absolute atomic E-state index is 0. The van der Waals surface area contributed by atoms with E-state index in [1.165, 1.54) is 0 Å². The van der Waals surface area contributed by atoms with Crippen LogP contribution in [0.25, 0.3) is 11.5 Å². The minimum atomic E-state index is -0.438. The predicted octanol–water partition coefficient (Wildman–Crippen LogP) is 3.80. The monoisotopic (exact) mass is 319 g/mol. The van der Waals surface area contributed by atoms with Crippen molar-refractivity contribution >= 4 is 35.6 Å². The Morgan fingerprint density at radius 3 is 2.63 bits per heavy atom. The molecule has 2 N–H and O–H groups in total. The van der Waals surface area contributed by atoms with E-state index in [2.05, 4.69) is 10.1 Å². The molecular weight excluding hydrogens is 309 g/mol. The second-order valence-electron chi connectivity index (χ2n) is 4.53. The smallest absolute Gasteiger partial charge is 0.259 e. The highest BCUT2D eigenvalue weighted by atomic mass is 35.5. The second kappa shape index (κ2) is 5.29. The van der Waals surface area contributed by atoms with Crippen LogP contribution in [0.4, 0.5) is 0 Å². The maximum Gasteiger partial charge on any atom is 0.259 e. The number of halogens is 3. The first-order valence-electron chi connectivity index (χ1n) is 5.68. The molecule has 0 unspecified atom stereocenters. The van der Waals surface area contributed by atoms with Gasteiger partial charge in [-0.25, -0.2) is 0 Å². The normalized spacial score (nSPS) is 16.6. The first-order valence-corrected chi connectivity index (χ1v) is 6.43. The van der Waals surface area contributed by atoms with E-state index in [0.29, 0.717) is 27.3 Å². The van der Waals surface area contributed by atoms with Crippen LogP contribution in [-0.4, -0.2) is 10.1 Å². The third-order valence-corrected chi connectivity index (χ3v) is 4.12. The van der Waals surface area contributed by atoms with E-state index in [0.717, 1.165) is 19.3 Å². The zero-order valence-electron chi connectivity index (χ0n) is 9.90. The third kappa shape index (κ3) is 2.46. The summed E-state index contributed by atoms with van der Waals surface area (Å²) in [6.07, 6.45) is 2.86. The number of aromatic nitrogens is 2. The molecule has 1 aromatic heterocycles. The summed E-state index contributed by atoms with van der Waals surface area (Å²) in [6.45, 7) is 0. The molecule has 3 rings (SSSR count). The Morgan fingerprint density at radius 2 is 2.00 bits per heavy atom. The minimum Gasteiger partial charge on any atom is -0.334 e. The van der Waals surface area contributed by atoms with Crippen LogP contribution in [0.15, 0.2) is 22.7 Å². The van der Waals surface area contributed by atoms with E-state index >= 15 is 0 Å². The van der Waals surface area contributed by atoms with Gasteiger partial charge in [-0.2, -0.15) is 4.98 Å². The zero-order chi connectivity index (χ0) is 12.8. The third-order valence-electron chi connectivity index (χ3n) is 3.30. The Kier molecular flexibility index (Phi) is 4.06. The van der Waals surface area contributed by atoms with Crippen LogP contribution in [0.1, 0.15) is 25.1 Å². The van der Waals surface area contributed by atoms with Crippen molar-refractivity contribution in [2.45, 2.75) is 24.8 Å². The molecule has 0 radical (unpaired) electrons. The Balaban J connectivity index is 0.00000133. The lowest BCUT2D eigenvalue weighted by atomic mass is 9.77. The fraction of sp³-hybridized carbons (Fsp3) is 0.333. The molecular formula is C12H12Cl3N3O. The maximum atomic E-state index is 6.14. The molecule has 0 bridgehead atoms. The first-order chi connectivity index (χ1) is 8.60. The fourth-order valence-corrected chi connectivity index (χ4v) is 2.37. The molecule has 1 fully saturated rings. The number of nitrogens with two attached hydrogens (primary N) is 1. The summed E-state index contributed by atoms with van der Waals surface area (Å²) in [6, 6.07) is 5.28. The van der Waals surface area contributed by atoms with E-state index in [1.54, 1.807) is 18.2 Å². The Morgan fingerprint density at radius 1 is 1.26 bits per heavy atom. The van der Waals surface area contributed by atoms with Gasteiger partial charge in [-0.15, -0.1) is 12.4 Å². The van der Waals surface area contributed by atoms with Gasteiger partial charge in [0.25, 0.3) is 5.89 Å². The lowest BCUT2D eigenvalue weighted by Gasteiger charge is -2.34. The van der Waals surface area contributed by atoms with Gasteiger partial charge >= 0.3 is 0 Å². The van der Waals surface area contributed by atoms with Crippen molar-refractivity contribution in [1.82, 2.24) is 10.1 Å². The van der Waals surface area contributed by atoms with Crippen molar-refractivity contribution in [3.63, 3.8) is 0 Å². The molecule has 1 saturated carbocycles. The Hall–Kier alpha value is -0.810. The summed E-state index contributed by atoms with van der Waals surface area (Å²) in [4.78, 5) is 4.33. The van der Waals surface area contributed by atoms with Crippen molar-refractivity contribution in [2.75, 3.05) is 0 Å². The lowest BCUT2D eigenvalue weighted by Crippen LogP contribution is -2.44. The van der Waals surface area contributed by atoms with Crippen LogP contribution in [0, 0.1) is 0 Å². The van der Waals surface area contributed by atoms with Gasteiger partial charge in [0.1, 0.15) is 0 Å². The molecule has 1 aliphatic carbocycles. The highest BCUT2D eigenvalue weighted by molar-refractivity contribution is 6.43. The second-order valence-corrected chi connectivity index (χ2v) is 5.32. The summed E-state index contributed by atoms with van der Waals surface area (Å²) in [5.41, 5.74) is 6.33. The topological polar surface area (TPSA) is 64.9 Å². The SMILES string of the molecule is Cl.NC1(c2noc(-c3cccc(Cl)c3Cl)n2)CCC1. The molecule has 0 spiro atoms. The summed E-state index contributed by atoms with van der Waals surface area (Å²) in [5.74, 6) is 0.897. The van der Waals surface area contributed by atoms with Crippen molar-refractivity contribution in [2.24, 2.45) is 5.73 Å². The van der Waals surface area contributed by atoms with Crippen molar-refractivity contribution in [3.8, 4) is 11.5 Å². The zero-order valence-corrected chi connectivity index (χ0v) is 12.2. The molecule has 4 nitrogen and oxygen atoms in total. The molecule has 0 saturated heterocycles. The standard InChI is InChI=1S/C12H11Cl2N3O.ClH/c13-8-4-1-3-7(9(8)14)10-16-11(17-18-10)12(15)5-2-6-12;/h1,3-4H,2,5-6,15H2;1H. The van der Waals surface area contributed by atoms with E-state index in [1.807, 2.05) is 0 Å². The summed E-state index contributed by atoms with van der Waals surface area (Å²) >= 11 is 12.1. The molecule has 2 aromatic rings. The van der Waals surface area contributed by atoms with E-state index in [9.17, 15) is 0 Å². The fourth-order valence-electron chi connectivity index (χ4n) is 1.99. The van der Waals surface area contributed by atoms with E-state index < -0.39 is 5.54 Å². The molecule has 0 amide bonds. The largest absolute Gasteiger partial charge is 0.334 e.